The van der Waals surface area contributed by atoms with Gasteiger partial charge in [-0.2, -0.15) is 0 Å². The Labute approximate surface area is 305 Å². The Morgan fingerprint density at radius 3 is 0.902 bits per heavy atom. The number of hydrogen-bond acceptors (Lipinski definition) is 4. The third kappa shape index (κ3) is 5.84. The van der Waals surface area contributed by atoms with Crippen LogP contribution in [0.3, 0.4) is 0 Å². The first-order chi connectivity index (χ1) is 24.6. The molecule has 9 rings (SSSR count). The Morgan fingerprint density at radius 2 is 0.608 bits per heavy atom. The van der Waals surface area contributed by atoms with Crippen LogP contribution < -0.4 is 21.4 Å². The summed E-state index contributed by atoms with van der Waals surface area (Å²) in [6.07, 6.45) is 8.28. The monoisotopic (exact) mass is 701 g/mol. The van der Waals surface area contributed by atoms with Crippen molar-refractivity contribution < 1.29 is 16.8 Å². The fourth-order valence-electron chi connectivity index (χ4n) is 6.78. The van der Waals surface area contributed by atoms with Crippen molar-refractivity contribution in [2.45, 2.75) is 0 Å². The van der Waals surface area contributed by atoms with Crippen molar-refractivity contribution in [1.82, 2.24) is 19.9 Å². The Kier molecular flexibility index (Phi) is 8.20. The van der Waals surface area contributed by atoms with E-state index in [0.717, 1.165) is 89.4 Å². The van der Waals surface area contributed by atoms with Crippen molar-refractivity contribution in [1.29, 1.82) is 0 Å². The normalized spacial score (nSPS) is 11.8. The smallest absolute Gasteiger partial charge is 0.657 e. The average Bonchev–Trinajstić information content (AvgIpc) is 3.98. The van der Waals surface area contributed by atoms with E-state index in [2.05, 4.69) is 72.8 Å². The first-order valence-electron chi connectivity index (χ1n) is 16.5. The molecule has 4 N–H and O–H groups in total. The van der Waals surface area contributed by atoms with E-state index in [1.807, 2.05) is 84.9 Å². The van der Waals surface area contributed by atoms with Gasteiger partial charge in [0.05, 0.1) is 22.8 Å². The van der Waals surface area contributed by atoms with E-state index in [0.29, 0.717) is 11.4 Å². The number of nitrogens with zero attached hydrogens (tertiary/aromatic N) is 4. The minimum Gasteiger partial charge on any atom is -0.657 e. The van der Waals surface area contributed by atoms with E-state index in [1.165, 1.54) is 0 Å². The largest absolute Gasteiger partial charge is 2.00 e. The van der Waals surface area contributed by atoms with Gasteiger partial charge in [0.1, 0.15) is 0 Å². The predicted octanol–water partition coefficient (Wildman–Crippen LogP) is 9.74. The van der Waals surface area contributed by atoms with Crippen LogP contribution in [0.2, 0.25) is 0 Å². The zero-order valence-electron chi connectivity index (χ0n) is 27.3. The molecule has 5 heterocycles. The van der Waals surface area contributed by atoms with Gasteiger partial charge in [-0.1, -0.05) is 109 Å². The molecule has 6 nitrogen and oxygen atoms in total. The summed E-state index contributed by atoms with van der Waals surface area (Å²) in [5.74, 6) is 0. The van der Waals surface area contributed by atoms with Crippen molar-refractivity contribution in [2.75, 3.05) is 11.5 Å². The number of anilines is 2. The zero-order valence-corrected chi connectivity index (χ0v) is 28.3. The molecule has 2 aliphatic rings. The molecule has 3 aromatic heterocycles. The number of aromatic nitrogens is 4. The molecule has 1 radical (unpaired) electrons. The van der Waals surface area contributed by atoms with Crippen molar-refractivity contribution in [3.8, 4) is 44.5 Å². The molecule has 0 aliphatic carbocycles. The van der Waals surface area contributed by atoms with Crippen molar-refractivity contribution >= 4 is 57.7 Å². The van der Waals surface area contributed by atoms with Gasteiger partial charge < -0.3 is 21.4 Å². The summed E-state index contributed by atoms with van der Waals surface area (Å²) in [4.78, 5) is 21.2. The minimum atomic E-state index is 0. The molecule has 0 saturated heterocycles. The van der Waals surface area contributed by atoms with Crippen LogP contribution in [0.25, 0.3) is 90.9 Å². The van der Waals surface area contributed by atoms with Crippen LogP contribution in [0.15, 0.2) is 133 Å². The molecule has 0 unspecified atom stereocenters. The van der Waals surface area contributed by atoms with E-state index in [9.17, 15) is 0 Å². The van der Waals surface area contributed by atoms with Gasteiger partial charge in [-0.25, -0.2) is 9.97 Å². The molecule has 2 aliphatic heterocycles. The van der Waals surface area contributed by atoms with Crippen LogP contribution in [-0.2, 0) is 16.8 Å². The Balaban J connectivity index is 0.00000374. The van der Waals surface area contributed by atoms with Crippen LogP contribution in [-0.4, -0.2) is 9.97 Å². The van der Waals surface area contributed by atoms with Crippen LogP contribution >= 0.6 is 0 Å². The van der Waals surface area contributed by atoms with E-state index >= 15 is 0 Å². The van der Waals surface area contributed by atoms with E-state index in [4.69, 9.17) is 31.4 Å². The van der Waals surface area contributed by atoms with Gasteiger partial charge in [-0.15, -0.1) is 22.1 Å². The standard InChI is InChI=1S/C44H30N6.Co/c45-31-15-11-29(12-16-31)43-37-23-19-33(47-37)41(27-7-3-1-4-8-27)34-20-24-38(48-34)44(30-13-17-32(46)18-14-30)40-26-22-36(50-40)42(28-9-5-2-6-10-28)35-21-25-39(43)49-35;/h1-26H,45-46H2;/q-2;+2. The first kappa shape index (κ1) is 31.8. The number of hydrogen-bond donors (Lipinski definition) is 2. The molecule has 0 amide bonds. The average molecular weight is 702 g/mol. The fourth-order valence-corrected chi connectivity index (χ4v) is 6.78. The Morgan fingerprint density at radius 1 is 0.333 bits per heavy atom. The minimum absolute atomic E-state index is 0. The Bertz CT molecular complexity index is 2450. The quantitative estimate of drug-likeness (QED) is 0.177. The Hall–Kier alpha value is -6.41. The molecule has 0 atom stereocenters. The number of nitrogen functional groups attached to an aromatic ring is 2. The summed E-state index contributed by atoms with van der Waals surface area (Å²) in [7, 11) is 0. The molecular weight excluding hydrogens is 671 g/mol. The second-order valence-electron chi connectivity index (χ2n) is 12.3. The van der Waals surface area contributed by atoms with E-state index in [1.54, 1.807) is 0 Å². The molecular formula is C44H30CoN6. The number of benzene rings is 4. The molecule has 8 bridgehead atoms. The second-order valence-corrected chi connectivity index (χ2v) is 12.3. The number of rotatable bonds is 4. The van der Waals surface area contributed by atoms with Gasteiger partial charge in [0, 0.05) is 11.4 Å². The van der Waals surface area contributed by atoms with Crippen molar-refractivity contribution in [3.05, 3.63) is 156 Å². The van der Waals surface area contributed by atoms with Crippen LogP contribution in [0.5, 0.6) is 0 Å². The summed E-state index contributed by atoms with van der Waals surface area (Å²) >= 11 is 0. The van der Waals surface area contributed by atoms with Gasteiger partial charge in [-0.3, -0.25) is 0 Å². The molecule has 0 saturated carbocycles. The molecule has 7 heteroatoms. The predicted molar refractivity (Wildman–Crippen MR) is 207 cm³/mol. The van der Waals surface area contributed by atoms with Gasteiger partial charge in [0.15, 0.2) is 0 Å². The van der Waals surface area contributed by atoms with Crippen LogP contribution in [0.4, 0.5) is 11.4 Å². The molecule has 0 spiro atoms. The van der Waals surface area contributed by atoms with E-state index in [-0.39, 0.29) is 16.8 Å². The van der Waals surface area contributed by atoms with E-state index < -0.39 is 0 Å². The van der Waals surface area contributed by atoms with Gasteiger partial charge in [-0.05, 0) is 93.1 Å². The maximum absolute atomic E-state index is 6.13. The topological polar surface area (TPSA) is 106 Å². The molecule has 4 aromatic carbocycles. The van der Waals surface area contributed by atoms with Gasteiger partial charge in [0.25, 0.3) is 0 Å². The number of nitrogens with two attached hydrogens (primary N) is 2. The SMILES string of the molecule is Nc1ccc(-c2c3nc(c(-c4ccccc4)c4ccc([n-]4)c(-c4ccc(N)cc4)c4nc(c(-c5ccccc5)c5ccc2[n-]5)C=C4)C=C3)cc1.[Co+2]. The molecule has 0 fully saturated rings. The van der Waals surface area contributed by atoms with Crippen molar-refractivity contribution in [3.63, 3.8) is 0 Å². The summed E-state index contributed by atoms with van der Waals surface area (Å²) in [5, 5.41) is 0. The summed E-state index contributed by atoms with van der Waals surface area (Å²) < 4.78 is 0. The van der Waals surface area contributed by atoms with Gasteiger partial charge in [0.2, 0.25) is 0 Å². The first-order valence-corrected chi connectivity index (χ1v) is 16.5. The molecule has 245 valence electrons. The summed E-state index contributed by atoms with van der Waals surface area (Å²) in [6.45, 7) is 0. The van der Waals surface area contributed by atoms with Gasteiger partial charge >= 0.3 is 16.8 Å². The zero-order chi connectivity index (χ0) is 33.6. The molecule has 7 aromatic rings. The number of fused-ring (bicyclic) bond motifs is 8. The maximum Gasteiger partial charge on any atom is 2.00 e. The summed E-state index contributed by atoms with van der Waals surface area (Å²) in [5.41, 5.74) is 27.9. The fraction of sp³-hybridized carbons (Fsp3) is 0. The maximum atomic E-state index is 6.13. The third-order valence-corrected chi connectivity index (χ3v) is 9.13. The van der Waals surface area contributed by atoms with Crippen LogP contribution in [0, 0.1) is 0 Å². The molecule has 51 heavy (non-hydrogen) atoms. The summed E-state index contributed by atoms with van der Waals surface area (Å²) in [6, 6.07) is 44.6. The van der Waals surface area contributed by atoms with Crippen molar-refractivity contribution in [2.24, 2.45) is 0 Å². The van der Waals surface area contributed by atoms with Crippen LogP contribution in [0.1, 0.15) is 22.8 Å². The third-order valence-electron chi connectivity index (χ3n) is 9.13. The second kappa shape index (κ2) is 13.1.